The van der Waals surface area contributed by atoms with Crippen LogP contribution in [0.25, 0.3) is 22.2 Å². The van der Waals surface area contributed by atoms with E-state index < -0.39 is 0 Å². The molecule has 2 aromatic heterocycles. The minimum atomic E-state index is 0.814. The van der Waals surface area contributed by atoms with Crippen molar-refractivity contribution in [3.63, 3.8) is 0 Å². The molecule has 16 heavy (non-hydrogen) atoms. The predicted molar refractivity (Wildman–Crippen MR) is 64.2 cm³/mol. The van der Waals surface area contributed by atoms with E-state index in [2.05, 4.69) is 23.2 Å². The average Bonchev–Trinajstić information content (AvgIpc) is 2.82. The van der Waals surface area contributed by atoms with Crippen LogP contribution in [-0.4, -0.2) is 4.98 Å². The van der Waals surface area contributed by atoms with Crippen molar-refractivity contribution >= 4 is 10.8 Å². The standard InChI is InChI=1S/C14H11NO/c1-10-12-6-3-2-5-11(12)9-13(15-10)14-7-4-8-16-14/h2-9H,1H3. The molecule has 2 heteroatoms. The molecule has 3 rings (SSSR count). The molecule has 0 amide bonds. The van der Waals surface area contributed by atoms with E-state index in [4.69, 9.17) is 4.42 Å². The van der Waals surface area contributed by atoms with Crippen molar-refractivity contribution in [3.8, 4) is 11.5 Å². The highest BCUT2D eigenvalue weighted by molar-refractivity contribution is 5.87. The van der Waals surface area contributed by atoms with Gasteiger partial charge in [0, 0.05) is 11.1 Å². The average molecular weight is 209 g/mol. The maximum atomic E-state index is 5.36. The molecule has 1 aromatic carbocycles. The molecule has 0 unspecified atom stereocenters. The molecule has 0 radical (unpaired) electrons. The van der Waals surface area contributed by atoms with Gasteiger partial charge in [-0.3, -0.25) is 0 Å². The summed E-state index contributed by atoms with van der Waals surface area (Å²) in [5.74, 6) is 0.814. The summed E-state index contributed by atoms with van der Waals surface area (Å²) in [5.41, 5.74) is 1.92. The summed E-state index contributed by atoms with van der Waals surface area (Å²) in [7, 11) is 0. The second-order valence-electron chi connectivity index (χ2n) is 3.79. The van der Waals surface area contributed by atoms with Gasteiger partial charge >= 0.3 is 0 Å². The fraction of sp³-hybridized carbons (Fsp3) is 0.0714. The van der Waals surface area contributed by atoms with Crippen molar-refractivity contribution < 1.29 is 4.42 Å². The van der Waals surface area contributed by atoms with Gasteiger partial charge in [-0.05, 0) is 30.5 Å². The first-order valence-corrected chi connectivity index (χ1v) is 5.25. The van der Waals surface area contributed by atoms with Crippen LogP contribution in [-0.2, 0) is 0 Å². The molecule has 0 spiro atoms. The van der Waals surface area contributed by atoms with Crippen molar-refractivity contribution in [2.45, 2.75) is 6.92 Å². The Balaban J connectivity index is 2.29. The number of hydrogen-bond acceptors (Lipinski definition) is 2. The number of fused-ring (bicyclic) bond motifs is 1. The minimum absolute atomic E-state index is 0.814. The lowest BCUT2D eigenvalue weighted by Gasteiger charge is -2.04. The summed E-state index contributed by atoms with van der Waals surface area (Å²) >= 11 is 0. The van der Waals surface area contributed by atoms with E-state index in [0.29, 0.717) is 0 Å². The SMILES string of the molecule is Cc1nc(-c2ccco2)cc2ccccc12. The molecule has 0 fully saturated rings. The third-order valence-electron chi connectivity index (χ3n) is 2.70. The van der Waals surface area contributed by atoms with Crippen LogP contribution in [0.3, 0.4) is 0 Å². The number of aryl methyl sites for hydroxylation is 1. The zero-order valence-corrected chi connectivity index (χ0v) is 8.97. The fourth-order valence-corrected chi connectivity index (χ4v) is 1.92. The summed E-state index contributed by atoms with van der Waals surface area (Å²) < 4.78 is 5.36. The van der Waals surface area contributed by atoms with Crippen molar-refractivity contribution in [2.75, 3.05) is 0 Å². The van der Waals surface area contributed by atoms with E-state index in [0.717, 1.165) is 17.1 Å². The molecule has 3 aromatic rings. The lowest BCUT2D eigenvalue weighted by molar-refractivity contribution is 0.580. The van der Waals surface area contributed by atoms with Gasteiger partial charge in [-0.2, -0.15) is 0 Å². The molecule has 0 atom stereocenters. The molecule has 0 saturated heterocycles. The molecule has 78 valence electrons. The first-order valence-electron chi connectivity index (χ1n) is 5.25. The zero-order chi connectivity index (χ0) is 11.0. The number of furan rings is 1. The summed E-state index contributed by atoms with van der Waals surface area (Å²) in [5, 5.41) is 2.39. The first kappa shape index (κ1) is 9.16. The molecular weight excluding hydrogens is 198 g/mol. The maximum Gasteiger partial charge on any atom is 0.152 e. The van der Waals surface area contributed by atoms with Gasteiger partial charge in [0.25, 0.3) is 0 Å². The third-order valence-corrected chi connectivity index (χ3v) is 2.70. The first-order chi connectivity index (χ1) is 7.84. The highest BCUT2D eigenvalue weighted by atomic mass is 16.3. The van der Waals surface area contributed by atoms with Crippen LogP contribution in [0, 0.1) is 6.92 Å². The van der Waals surface area contributed by atoms with E-state index in [9.17, 15) is 0 Å². The molecule has 0 aliphatic heterocycles. The monoisotopic (exact) mass is 209 g/mol. The Labute approximate surface area is 93.5 Å². The number of benzene rings is 1. The van der Waals surface area contributed by atoms with Crippen LogP contribution >= 0.6 is 0 Å². The topological polar surface area (TPSA) is 26.0 Å². The Morgan fingerprint density at radius 3 is 2.75 bits per heavy atom. The largest absolute Gasteiger partial charge is 0.463 e. The van der Waals surface area contributed by atoms with Gasteiger partial charge < -0.3 is 4.42 Å². The summed E-state index contributed by atoms with van der Waals surface area (Å²) in [6, 6.07) is 14.1. The second-order valence-corrected chi connectivity index (χ2v) is 3.79. The molecule has 0 aliphatic rings. The predicted octanol–water partition coefficient (Wildman–Crippen LogP) is 3.80. The van der Waals surface area contributed by atoms with Gasteiger partial charge in [0.15, 0.2) is 5.76 Å². The lowest BCUT2D eigenvalue weighted by Crippen LogP contribution is -1.87. The number of aromatic nitrogens is 1. The van der Waals surface area contributed by atoms with Gasteiger partial charge in [-0.25, -0.2) is 4.98 Å². The Kier molecular flexibility index (Phi) is 2.00. The summed E-state index contributed by atoms with van der Waals surface area (Å²) in [4.78, 5) is 4.55. The van der Waals surface area contributed by atoms with E-state index in [-0.39, 0.29) is 0 Å². The van der Waals surface area contributed by atoms with E-state index >= 15 is 0 Å². The molecule has 0 bridgehead atoms. The number of rotatable bonds is 1. The molecule has 0 aliphatic carbocycles. The molecule has 2 heterocycles. The summed E-state index contributed by atoms with van der Waals surface area (Å²) in [6.07, 6.45) is 1.67. The van der Waals surface area contributed by atoms with Gasteiger partial charge in [0.1, 0.15) is 5.69 Å². The molecule has 2 nitrogen and oxygen atoms in total. The van der Waals surface area contributed by atoms with E-state index in [1.165, 1.54) is 10.8 Å². The Morgan fingerprint density at radius 2 is 1.94 bits per heavy atom. The molecular formula is C14H11NO. The van der Waals surface area contributed by atoms with Gasteiger partial charge in [0.05, 0.1) is 6.26 Å². The van der Waals surface area contributed by atoms with E-state index in [1.54, 1.807) is 6.26 Å². The minimum Gasteiger partial charge on any atom is -0.463 e. The van der Waals surface area contributed by atoms with Gasteiger partial charge in [0.2, 0.25) is 0 Å². The van der Waals surface area contributed by atoms with Crippen LogP contribution in [0.15, 0.2) is 53.1 Å². The van der Waals surface area contributed by atoms with E-state index in [1.807, 2.05) is 31.2 Å². The van der Waals surface area contributed by atoms with Crippen LogP contribution < -0.4 is 0 Å². The van der Waals surface area contributed by atoms with Crippen LogP contribution in [0.5, 0.6) is 0 Å². The second kappa shape index (κ2) is 3.49. The number of pyridine rings is 1. The number of hydrogen-bond donors (Lipinski definition) is 0. The Bertz CT molecular complexity index is 626. The van der Waals surface area contributed by atoms with Crippen molar-refractivity contribution in [3.05, 3.63) is 54.4 Å². The Hall–Kier alpha value is -2.09. The molecule has 0 saturated carbocycles. The van der Waals surface area contributed by atoms with Gasteiger partial charge in [-0.15, -0.1) is 0 Å². The van der Waals surface area contributed by atoms with Crippen molar-refractivity contribution in [2.24, 2.45) is 0 Å². The van der Waals surface area contributed by atoms with Crippen LogP contribution in [0.4, 0.5) is 0 Å². The zero-order valence-electron chi connectivity index (χ0n) is 8.97. The quantitative estimate of drug-likeness (QED) is 0.609. The Morgan fingerprint density at radius 1 is 1.06 bits per heavy atom. The highest BCUT2D eigenvalue weighted by Gasteiger charge is 2.05. The lowest BCUT2D eigenvalue weighted by atomic mass is 10.1. The van der Waals surface area contributed by atoms with Crippen LogP contribution in [0.2, 0.25) is 0 Å². The van der Waals surface area contributed by atoms with Crippen molar-refractivity contribution in [1.29, 1.82) is 0 Å². The third kappa shape index (κ3) is 1.39. The highest BCUT2D eigenvalue weighted by Crippen LogP contribution is 2.24. The fourth-order valence-electron chi connectivity index (χ4n) is 1.92. The van der Waals surface area contributed by atoms with Crippen LogP contribution in [0.1, 0.15) is 5.69 Å². The number of nitrogens with zero attached hydrogens (tertiary/aromatic N) is 1. The summed E-state index contributed by atoms with van der Waals surface area (Å²) in [6.45, 7) is 2.02. The molecule has 0 N–H and O–H groups in total. The maximum absolute atomic E-state index is 5.36. The van der Waals surface area contributed by atoms with Gasteiger partial charge in [-0.1, -0.05) is 24.3 Å². The van der Waals surface area contributed by atoms with Crippen molar-refractivity contribution in [1.82, 2.24) is 4.98 Å². The smallest absolute Gasteiger partial charge is 0.152 e. The normalized spacial score (nSPS) is 10.8.